The Morgan fingerprint density at radius 1 is 1.10 bits per heavy atom. The van der Waals surface area contributed by atoms with E-state index in [0.717, 1.165) is 12.2 Å². The molecule has 0 radical (unpaired) electrons. The Bertz CT molecular complexity index is 610. The Labute approximate surface area is 124 Å². The molecule has 4 heteroatoms. The van der Waals surface area contributed by atoms with E-state index in [1.54, 1.807) is 30.3 Å². The van der Waals surface area contributed by atoms with Gasteiger partial charge in [0, 0.05) is 24.3 Å². The van der Waals surface area contributed by atoms with Crippen LogP contribution in [-0.4, -0.2) is 19.0 Å². The minimum absolute atomic E-state index is 0.203. The zero-order valence-electron chi connectivity index (χ0n) is 12.3. The standard InChI is InChI=1S/C17H19FN2O/c1-3-19-14-11-9-13(10-12-14)17(21)20(4-2)16-8-6-5-7-15(16)18/h5-12,19H,3-4H2,1-2H3. The topological polar surface area (TPSA) is 32.3 Å². The lowest BCUT2D eigenvalue weighted by atomic mass is 10.1. The van der Waals surface area contributed by atoms with Gasteiger partial charge in [-0.25, -0.2) is 4.39 Å². The molecule has 2 aromatic rings. The maximum atomic E-state index is 13.9. The molecule has 0 saturated heterocycles. The Kier molecular flexibility index (Phi) is 4.93. The molecular weight excluding hydrogens is 267 g/mol. The lowest BCUT2D eigenvalue weighted by Gasteiger charge is -2.21. The molecule has 21 heavy (non-hydrogen) atoms. The Morgan fingerprint density at radius 2 is 1.76 bits per heavy atom. The van der Waals surface area contributed by atoms with E-state index in [4.69, 9.17) is 0 Å². The van der Waals surface area contributed by atoms with Crippen LogP contribution < -0.4 is 10.2 Å². The number of hydrogen-bond acceptors (Lipinski definition) is 2. The molecule has 0 aliphatic carbocycles. The molecule has 3 nitrogen and oxygen atoms in total. The summed E-state index contributed by atoms with van der Waals surface area (Å²) in [6.07, 6.45) is 0. The number of para-hydroxylation sites is 1. The maximum Gasteiger partial charge on any atom is 0.258 e. The molecule has 0 aromatic heterocycles. The normalized spacial score (nSPS) is 10.2. The van der Waals surface area contributed by atoms with Crippen molar-refractivity contribution in [3.05, 3.63) is 59.9 Å². The molecule has 1 amide bonds. The molecule has 0 unspecified atom stereocenters. The summed E-state index contributed by atoms with van der Waals surface area (Å²) in [5.41, 5.74) is 1.81. The first-order chi connectivity index (χ1) is 10.2. The van der Waals surface area contributed by atoms with Crippen LogP contribution >= 0.6 is 0 Å². The second-order valence-electron chi connectivity index (χ2n) is 4.61. The van der Waals surface area contributed by atoms with Gasteiger partial charge in [-0.3, -0.25) is 4.79 Å². The SMILES string of the molecule is CCNc1ccc(C(=O)N(CC)c2ccccc2F)cc1. The third kappa shape index (κ3) is 3.40. The predicted molar refractivity (Wildman–Crippen MR) is 84.4 cm³/mol. The van der Waals surface area contributed by atoms with Crippen LogP contribution in [0, 0.1) is 5.82 Å². The molecular formula is C17H19FN2O. The molecule has 0 aliphatic heterocycles. The number of hydrogen-bond donors (Lipinski definition) is 1. The maximum absolute atomic E-state index is 13.9. The molecule has 0 bridgehead atoms. The monoisotopic (exact) mass is 286 g/mol. The second kappa shape index (κ2) is 6.88. The van der Waals surface area contributed by atoms with Gasteiger partial charge in [0.05, 0.1) is 5.69 Å². The van der Waals surface area contributed by atoms with E-state index in [9.17, 15) is 9.18 Å². The zero-order valence-corrected chi connectivity index (χ0v) is 12.3. The van der Waals surface area contributed by atoms with Crippen molar-refractivity contribution in [2.75, 3.05) is 23.3 Å². The fourth-order valence-electron chi connectivity index (χ4n) is 2.18. The number of nitrogens with one attached hydrogen (secondary N) is 1. The summed E-state index contributed by atoms with van der Waals surface area (Å²) in [4.78, 5) is 14.0. The zero-order chi connectivity index (χ0) is 15.2. The molecule has 1 N–H and O–H groups in total. The van der Waals surface area contributed by atoms with Crippen LogP contribution in [0.15, 0.2) is 48.5 Å². The number of anilines is 2. The van der Waals surface area contributed by atoms with Gasteiger partial charge in [-0.2, -0.15) is 0 Å². The number of rotatable bonds is 5. The molecule has 0 atom stereocenters. The molecule has 0 aliphatic rings. The lowest BCUT2D eigenvalue weighted by Crippen LogP contribution is -2.31. The van der Waals surface area contributed by atoms with Crippen molar-refractivity contribution in [2.24, 2.45) is 0 Å². The van der Waals surface area contributed by atoms with Crippen LogP contribution in [0.2, 0.25) is 0 Å². The summed E-state index contributed by atoms with van der Waals surface area (Å²) in [5, 5.41) is 3.17. The minimum atomic E-state index is -0.392. The highest BCUT2D eigenvalue weighted by molar-refractivity contribution is 6.06. The number of halogens is 1. The van der Waals surface area contributed by atoms with Crippen molar-refractivity contribution in [3.8, 4) is 0 Å². The van der Waals surface area contributed by atoms with Gasteiger partial charge in [-0.15, -0.1) is 0 Å². The fraction of sp³-hybridized carbons (Fsp3) is 0.235. The Balaban J connectivity index is 2.26. The number of nitrogens with zero attached hydrogens (tertiary/aromatic N) is 1. The van der Waals surface area contributed by atoms with E-state index in [-0.39, 0.29) is 5.91 Å². The van der Waals surface area contributed by atoms with E-state index in [1.165, 1.54) is 11.0 Å². The van der Waals surface area contributed by atoms with Crippen LogP contribution in [0.4, 0.5) is 15.8 Å². The third-order valence-corrected chi connectivity index (χ3v) is 3.22. The number of carbonyl (C=O) groups excluding carboxylic acids is 1. The Morgan fingerprint density at radius 3 is 2.33 bits per heavy atom. The van der Waals surface area contributed by atoms with E-state index in [0.29, 0.717) is 17.8 Å². The average Bonchev–Trinajstić information content (AvgIpc) is 2.51. The van der Waals surface area contributed by atoms with Crippen molar-refractivity contribution in [2.45, 2.75) is 13.8 Å². The highest BCUT2D eigenvalue weighted by Gasteiger charge is 2.18. The van der Waals surface area contributed by atoms with E-state index in [1.807, 2.05) is 26.0 Å². The van der Waals surface area contributed by atoms with Gasteiger partial charge < -0.3 is 10.2 Å². The van der Waals surface area contributed by atoms with Gasteiger partial charge >= 0.3 is 0 Å². The minimum Gasteiger partial charge on any atom is -0.385 e. The van der Waals surface area contributed by atoms with Crippen molar-refractivity contribution in [1.29, 1.82) is 0 Å². The first kappa shape index (κ1) is 15.0. The van der Waals surface area contributed by atoms with Crippen molar-refractivity contribution < 1.29 is 9.18 Å². The first-order valence-corrected chi connectivity index (χ1v) is 7.07. The highest BCUT2D eigenvalue weighted by atomic mass is 19.1. The third-order valence-electron chi connectivity index (χ3n) is 3.22. The van der Waals surface area contributed by atoms with Crippen molar-refractivity contribution in [1.82, 2.24) is 0 Å². The molecule has 2 aromatic carbocycles. The number of amides is 1. The van der Waals surface area contributed by atoms with Crippen LogP contribution in [-0.2, 0) is 0 Å². The quantitative estimate of drug-likeness (QED) is 0.903. The molecule has 0 saturated carbocycles. The smallest absolute Gasteiger partial charge is 0.258 e. The molecule has 0 heterocycles. The van der Waals surface area contributed by atoms with Crippen LogP contribution in [0.3, 0.4) is 0 Å². The van der Waals surface area contributed by atoms with Crippen molar-refractivity contribution in [3.63, 3.8) is 0 Å². The van der Waals surface area contributed by atoms with Gasteiger partial charge in [-0.05, 0) is 50.2 Å². The summed E-state index contributed by atoms with van der Waals surface area (Å²) in [7, 11) is 0. The van der Waals surface area contributed by atoms with E-state index < -0.39 is 5.82 Å². The van der Waals surface area contributed by atoms with Gasteiger partial charge in [0.15, 0.2) is 0 Å². The summed E-state index contributed by atoms with van der Waals surface area (Å²) < 4.78 is 13.9. The largest absolute Gasteiger partial charge is 0.385 e. The number of benzene rings is 2. The van der Waals surface area contributed by atoms with Crippen LogP contribution in [0.25, 0.3) is 0 Å². The van der Waals surface area contributed by atoms with Crippen LogP contribution in [0.5, 0.6) is 0 Å². The van der Waals surface area contributed by atoms with Gasteiger partial charge in [0.2, 0.25) is 0 Å². The van der Waals surface area contributed by atoms with E-state index >= 15 is 0 Å². The first-order valence-electron chi connectivity index (χ1n) is 7.07. The lowest BCUT2D eigenvalue weighted by molar-refractivity contribution is 0.0987. The van der Waals surface area contributed by atoms with Gasteiger partial charge in [-0.1, -0.05) is 12.1 Å². The van der Waals surface area contributed by atoms with Crippen molar-refractivity contribution >= 4 is 17.3 Å². The number of carbonyl (C=O) groups is 1. The summed E-state index contributed by atoms with van der Waals surface area (Å²) >= 11 is 0. The van der Waals surface area contributed by atoms with Crippen LogP contribution in [0.1, 0.15) is 24.2 Å². The Hall–Kier alpha value is -2.36. The summed E-state index contributed by atoms with van der Waals surface area (Å²) in [6, 6.07) is 13.5. The van der Waals surface area contributed by atoms with E-state index in [2.05, 4.69) is 5.32 Å². The van der Waals surface area contributed by atoms with Gasteiger partial charge in [0.25, 0.3) is 5.91 Å². The molecule has 0 spiro atoms. The molecule has 2 rings (SSSR count). The molecule has 110 valence electrons. The summed E-state index contributed by atoms with van der Waals surface area (Å²) in [5.74, 6) is -0.595. The molecule has 0 fully saturated rings. The predicted octanol–water partition coefficient (Wildman–Crippen LogP) is 3.92. The highest BCUT2D eigenvalue weighted by Crippen LogP contribution is 2.21. The average molecular weight is 286 g/mol. The summed E-state index contributed by atoms with van der Waals surface area (Å²) in [6.45, 7) is 5.08. The fourth-order valence-corrected chi connectivity index (χ4v) is 2.18. The van der Waals surface area contributed by atoms with Gasteiger partial charge in [0.1, 0.15) is 5.82 Å². The second-order valence-corrected chi connectivity index (χ2v) is 4.61.